The molecule has 2 aromatic heterocycles. The minimum absolute atomic E-state index is 0.380. The van der Waals surface area contributed by atoms with Crippen LogP contribution in [0.1, 0.15) is 54.7 Å². The summed E-state index contributed by atoms with van der Waals surface area (Å²) in [5.74, 6) is 0.391. The second-order valence-electron chi connectivity index (χ2n) is 5.03. The molecule has 0 atom stereocenters. The first-order valence-corrected chi connectivity index (χ1v) is 7.25. The number of ether oxygens (including phenoxy) is 1. The Balaban J connectivity index is 2.23. The van der Waals surface area contributed by atoms with Crippen molar-refractivity contribution in [2.75, 3.05) is 7.11 Å². The summed E-state index contributed by atoms with van der Waals surface area (Å²) in [4.78, 5) is 15.9. The molecule has 0 N–H and O–H groups in total. The summed E-state index contributed by atoms with van der Waals surface area (Å²) in [5, 5.41) is 4.61. The van der Waals surface area contributed by atoms with Crippen LogP contribution in [0, 0.1) is 6.92 Å². The van der Waals surface area contributed by atoms with Gasteiger partial charge in [-0.2, -0.15) is 5.10 Å². The van der Waals surface area contributed by atoms with Crippen LogP contribution in [0.2, 0.25) is 0 Å². The third-order valence-corrected chi connectivity index (χ3v) is 3.75. The van der Waals surface area contributed by atoms with Crippen LogP contribution >= 0.6 is 0 Å². The fourth-order valence-electron chi connectivity index (χ4n) is 2.43. The zero-order valence-electron chi connectivity index (χ0n) is 13.0. The zero-order chi connectivity index (χ0) is 15.4. The number of nitrogens with zero attached hydrogens (tertiary/aromatic N) is 4. The number of imidazole rings is 1. The van der Waals surface area contributed by atoms with E-state index in [0.717, 1.165) is 24.4 Å². The summed E-state index contributed by atoms with van der Waals surface area (Å²) in [7, 11) is 1.37. The van der Waals surface area contributed by atoms with Gasteiger partial charge in [0.2, 0.25) is 0 Å². The van der Waals surface area contributed by atoms with E-state index in [9.17, 15) is 4.79 Å². The van der Waals surface area contributed by atoms with E-state index in [0.29, 0.717) is 18.3 Å². The van der Waals surface area contributed by atoms with Crippen molar-refractivity contribution in [1.82, 2.24) is 19.3 Å². The van der Waals surface area contributed by atoms with E-state index < -0.39 is 0 Å². The summed E-state index contributed by atoms with van der Waals surface area (Å²) >= 11 is 0. The van der Waals surface area contributed by atoms with Gasteiger partial charge in [0.25, 0.3) is 0 Å². The highest BCUT2D eigenvalue weighted by Gasteiger charge is 2.16. The van der Waals surface area contributed by atoms with Crippen molar-refractivity contribution < 1.29 is 9.53 Å². The van der Waals surface area contributed by atoms with Crippen LogP contribution in [0.15, 0.2) is 18.5 Å². The standard InChI is InChI=1S/C15H22N4O2/c1-5-13(6-2)19-8-7-12(17-19)10-18-11(3)16-9-14(18)15(20)21-4/h7-9,13H,5-6,10H2,1-4H3. The lowest BCUT2D eigenvalue weighted by Gasteiger charge is -2.12. The summed E-state index contributed by atoms with van der Waals surface area (Å²) in [6, 6.07) is 2.40. The van der Waals surface area contributed by atoms with Gasteiger partial charge in [-0.05, 0) is 25.8 Å². The number of hydrogen-bond donors (Lipinski definition) is 0. The Labute approximate surface area is 124 Å². The Bertz CT molecular complexity index is 611. The molecule has 0 saturated carbocycles. The maximum Gasteiger partial charge on any atom is 0.356 e. The van der Waals surface area contributed by atoms with E-state index in [1.165, 1.54) is 7.11 Å². The van der Waals surface area contributed by atoms with E-state index in [-0.39, 0.29) is 5.97 Å². The van der Waals surface area contributed by atoms with Crippen LogP contribution in [-0.2, 0) is 11.3 Å². The number of aryl methyl sites for hydroxylation is 1. The van der Waals surface area contributed by atoms with Crippen molar-refractivity contribution in [2.24, 2.45) is 0 Å². The minimum Gasteiger partial charge on any atom is -0.464 e. The predicted molar refractivity (Wildman–Crippen MR) is 79.3 cm³/mol. The number of esters is 1. The molecule has 2 heterocycles. The molecule has 0 aliphatic rings. The van der Waals surface area contributed by atoms with Gasteiger partial charge in [-0.3, -0.25) is 4.68 Å². The first-order valence-electron chi connectivity index (χ1n) is 7.25. The fourth-order valence-corrected chi connectivity index (χ4v) is 2.43. The van der Waals surface area contributed by atoms with Crippen molar-refractivity contribution in [3.63, 3.8) is 0 Å². The summed E-state index contributed by atoms with van der Waals surface area (Å²) < 4.78 is 8.61. The molecule has 2 aromatic rings. The Morgan fingerprint density at radius 1 is 1.38 bits per heavy atom. The maximum atomic E-state index is 11.7. The second-order valence-corrected chi connectivity index (χ2v) is 5.03. The lowest BCUT2D eigenvalue weighted by atomic mass is 10.2. The van der Waals surface area contributed by atoms with E-state index in [1.807, 2.05) is 28.4 Å². The van der Waals surface area contributed by atoms with E-state index in [1.54, 1.807) is 6.20 Å². The molecular formula is C15H22N4O2. The Kier molecular flexibility index (Phi) is 4.77. The molecule has 114 valence electrons. The maximum absolute atomic E-state index is 11.7. The van der Waals surface area contributed by atoms with Crippen LogP contribution in [-0.4, -0.2) is 32.4 Å². The molecule has 6 nitrogen and oxygen atoms in total. The van der Waals surface area contributed by atoms with Gasteiger partial charge in [0.15, 0.2) is 0 Å². The van der Waals surface area contributed by atoms with E-state index in [2.05, 4.69) is 23.9 Å². The fraction of sp³-hybridized carbons (Fsp3) is 0.533. The van der Waals surface area contributed by atoms with Crippen molar-refractivity contribution in [3.05, 3.63) is 35.7 Å². The number of hydrogen-bond acceptors (Lipinski definition) is 4. The lowest BCUT2D eigenvalue weighted by molar-refractivity contribution is 0.0588. The lowest BCUT2D eigenvalue weighted by Crippen LogP contribution is -2.14. The molecule has 0 unspecified atom stereocenters. The van der Waals surface area contributed by atoms with Gasteiger partial charge in [0.1, 0.15) is 11.5 Å². The monoisotopic (exact) mass is 290 g/mol. The second kappa shape index (κ2) is 6.56. The van der Waals surface area contributed by atoms with Gasteiger partial charge in [-0.25, -0.2) is 9.78 Å². The molecule has 0 amide bonds. The van der Waals surface area contributed by atoms with Gasteiger partial charge in [0, 0.05) is 6.20 Å². The largest absolute Gasteiger partial charge is 0.464 e. The first kappa shape index (κ1) is 15.3. The van der Waals surface area contributed by atoms with Gasteiger partial charge in [-0.15, -0.1) is 0 Å². The van der Waals surface area contributed by atoms with Crippen molar-refractivity contribution in [1.29, 1.82) is 0 Å². The van der Waals surface area contributed by atoms with Crippen LogP contribution in [0.5, 0.6) is 0 Å². The smallest absolute Gasteiger partial charge is 0.356 e. The van der Waals surface area contributed by atoms with Crippen LogP contribution in [0.3, 0.4) is 0 Å². The molecule has 0 bridgehead atoms. The molecular weight excluding hydrogens is 268 g/mol. The van der Waals surface area contributed by atoms with E-state index in [4.69, 9.17) is 4.74 Å². The third-order valence-electron chi connectivity index (χ3n) is 3.75. The molecule has 21 heavy (non-hydrogen) atoms. The number of methoxy groups -OCH3 is 1. The molecule has 0 aliphatic heterocycles. The van der Waals surface area contributed by atoms with Crippen molar-refractivity contribution in [2.45, 2.75) is 46.2 Å². The highest BCUT2D eigenvalue weighted by atomic mass is 16.5. The average molecular weight is 290 g/mol. The Morgan fingerprint density at radius 2 is 2.10 bits per heavy atom. The molecule has 0 aromatic carbocycles. The van der Waals surface area contributed by atoms with E-state index >= 15 is 0 Å². The van der Waals surface area contributed by atoms with Gasteiger partial charge < -0.3 is 9.30 Å². The Hall–Kier alpha value is -2.11. The summed E-state index contributed by atoms with van der Waals surface area (Å²) in [6.45, 7) is 6.70. The number of rotatable bonds is 6. The van der Waals surface area contributed by atoms with Crippen LogP contribution < -0.4 is 0 Å². The molecule has 0 spiro atoms. The number of carbonyl (C=O) groups is 1. The quantitative estimate of drug-likeness (QED) is 0.767. The average Bonchev–Trinajstić information content (AvgIpc) is 3.09. The SMILES string of the molecule is CCC(CC)n1ccc(Cn2c(C(=O)OC)cnc2C)n1. The molecule has 6 heteroatoms. The molecule has 0 radical (unpaired) electrons. The van der Waals surface area contributed by atoms with Gasteiger partial charge in [-0.1, -0.05) is 13.8 Å². The highest BCUT2D eigenvalue weighted by Crippen LogP contribution is 2.16. The third kappa shape index (κ3) is 3.15. The van der Waals surface area contributed by atoms with Crippen molar-refractivity contribution >= 4 is 5.97 Å². The molecule has 0 aliphatic carbocycles. The predicted octanol–water partition coefficient (Wildman–Crippen LogP) is 2.58. The normalized spacial score (nSPS) is 11.1. The topological polar surface area (TPSA) is 61.9 Å². The number of carbonyl (C=O) groups excluding carboxylic acids is 1. The zero-order valence-corrected chi connectivity index (χ0v) is 13.0. The van der Waals surface area contributed by atoms with Crippen LogP contribution in [0.4, 0.5) is 0 Å². The number of aromatic nitrogens is 4. The molecule has 0 fully saturated rings. The highest BCUT2D eigenvalue weighted by molar-refractivity contribution is 5.87. The minimum atomic E-state index is -0.380. The van der Waals surface area contributed by atoms with Crippen molar-refractivity contribution in [3.8, 4) is 0 Å². The summed E-state index contributed by atoms with van der Waals surface area (Å²) in [5.41, 5.74) is 1.36. The molecule has 0 saturated heterocycles. The van der Waals surface area contributed by atoms with Gasteiger partial charge >= 0.3 is 5.97 Å². The summed E-state index contributed by atoms with van der Waals surface area (Å²) in [6.07, 6.45) is 5.64. The van der Waals surface area contributed by atoms with Crippen LogP contribution in [0.25, 0.3) is 0 Å². The van der Waals surface area contributed by atoms with Gasteiger partial charge in [0.05, 0.1) is 31.6 Å². The Morgan fingerprint density at radius 3 is 2.71 bits per heavy atom. The first-order chi connectivity index (χ1) is 10.1. The molecule has 2 rings (SSSR count).